The van der Waals surface area contributed by atoms with Crippen molar-refractivity contribution in [1.82, 2.24) is 21.3 Å². The largest absolute Gasteiger partial charge is 0.477 e. The fourth-order valence-corrected chi connectivity index (χ4v) is 13.6. The summed E-state index contributed by atoms with van der Waals surface area (Å²) in [5, 5.41) is 283. The highest BCUT2D eigenvalue weighted by Crippen LogP contribution is 2.40. The van der Waals surface area contributed by atoms with Gasteiger partial charge in [0.2, 0.25) is 23.6 Å². The number of carboxylic acids is 1. The maximum Gasteiger partial charge on any atom is 0.364 e. The van der Waals surface area contributed by atoms with Gasteiger partial charge in [-0.05, 0) is 0 Å². The van der Waals surface area contributed by atoms with Crippen LogP contribution in [0.25, 0.3) is 0 Å². The molecule has 0 aliphatic carbocycles. The average molecular weight is 1580 g/mol. The molecule has 0 aromatic carbocycles. The zero-order valence-electron chi connectivity index (χ0n) is 57.5. The fraction of sp³-hybridized carbons (Fsp3) is 0.915. The highest BCUT2D eigenvalue weighted by Gasteiger charge is 2.61. The molecule has 8 rings (SSSR count). The molecular weight excluding hydrogens is 1480 g/mol. The van der Waals surface area contributed by atoms with E-state index in [4.69, 9.17) is 71.1 Å². The van der Waals surface area contributed by atoms with Crippen molar-refractivity contribution >= 4 is 29.6 Å². The van der Waals surface area contributed by atoms with Crippen molar-refractivity contribution in [1.29, 1.82) is 0 Å². The number of aliphatic carboxylic acids is 1. The lowest BCUT2D eigenvalue weighted by Crippen LogP contribution is -2.71. The highest BCUT2D eigenvalue weighted by atomic mass is 16.8. The molecule has 0 radical (unpaired) electrons. The van der Waals surface area contributed by atoms with E-state index < -0.39 is 346 Å². The van der Waals surface area contributed by atoms with Gasteiger partial charge in [-0.15, -0.1) is 0 Å². The molecule has 8 aliphatic heterocycles. The Morgan fingerprint density at radius 1 is 0.398 bits per heavy atom. The van der Waals surface area contributed by atoms with Crippen molar-refractivity contribution in [2.24, 2.45) is 0 Å². The summed E-state index contributed by atoms with van der Waals surface area (Å²) in [5.74, 6) is -9.09. The van der Waals surface area contributed by atoms with Crippen LogP contribution in [0.4, 0.5) is 0 Å². The Morgan fingerprint density at radius 2 is 0.796 bits per heavy atom. The van der Waals surface area contributed by atoms with E-state index in [1.54, 1.807) is 0 Å². The van der Waals surface area contributed by atoms with Crippen LogP contribution in [-0.4, -0.2) is 468 Å². The fourth-order valence-electron chi connectivity index (χ4n) is 13.6. The SMILES string of the molecule is CC(=O)N[C@@H]1[C@@H](O)[C@H](O[C@@H]2O[C@H](CO)[C@@H](O[C@@H]3O[C@H](CO[C@H]4O[C@H](CO)[C@@H](O)[C@H](O)[C@@H]4O)[C@@H](O)[C@H](O[C@H]4O[C@H](CO)[C@@H](O)[C@H](O)[C@@H]4O[C@@H]4O[C@H](CO)[C@@H](O[C@@H]5O[C@H](CO[C@]6(C(=O)O)C[C@H](O)[C@@H](NC(=O)CO)[C@H]([C@H](O)[C@H](O)CO)O6)[C@H](O)[C@H](O)[C@H]5O)[C@H](O)[C@H]4NC(C)=O)[C@@H]3O)[C@H](O)[C@H]2NC(C)=O)[C@@H](CO)O[C@H]1O. The van der Waals surface area contributed by atoms with Crippen molar-refractivity contribution in [3.05, 3.63) is 0 Å². The van der Waals surface area contributed by atoms with E-state index in [0.29, 0.717) is 0 Å². The van der Waals surface area contributed by atoms with Crippen LogP contribution in [0.1, 0.15) is 27.2 Å². The molecule has 29 N–H and O–H groups in total. The normalized spacial score (nSPS) is 46.5. The third kappa shape index (κ3) is 19.8. The third-order valence-electron chi connectivity index (χ3n) is 19.3. The molecule has 624 valence electrons. The molecule has 0 aromatic heterocycles. The number of carboxylic acid groups (broad SMARTS) is 1. The molecule has 49 nitrogen and oxygen atoms in total. The molecule has 8 aliphatic rings. The van der Waals surface area contributed by atoms with E-state index in [0.717, 1.165) is 20.8 Å². The van der Waals surface area contributed by atoms with Gasteiger partial charge < -0.3 is 220 Å². The summed E-state index contributed by atoms with van der Waals surface area (Å²) in [4.78, 5) is 63.1. The average Bonchev–Trinajstić information content (AvgIpc) is 0.770. The lowest BCUT2D eigenvalue weighted by Gasteiger charge is -2.51. The number of aliphatic hydroxyl groups is 24. The Hall–Kier alpha value is -4.21. The van der Waals surface area contributed by atoms with Gasteiger partial charge in [0.05, 0.1) is 65.0 Å². The molecule has 4 amide bonds. The summed E-state index contributed by atoms with van der Waals surface area (Å²) in [6, 6.07) is -7.35. The van der Waals surface area contributed by atoms with E-state index in [-0.39, 0.29) is 0 Å². The van der Waals surface area contributed by atoms with E-state index in [9.17, 15) is 152 Å². The number of ether oxygens (including phenoxy) is 15. The predicted molar refractivity (Wildman–Crippen MR) is 329 cm³/mol. The molecule has 49 heteroatoms. The highest BCUT2D eigenvalue weighted by molar-refractivity contribution is 5.78. The van der Waals surface area contributed by atoms with Gasteiger partial charge in [0.25, 0.3) is 5.79 Å². The number of carbonyl (C=O) groups excluding carboxylic acids is 4. The molecule has 0 bridgehead atoms. The summed E-state index contributed by atoms with van der Waals surface area (Å²) in [6.45, 7) is -7.33. The van der Waals surface area contributed by atoms with Crippen molar-refractivity contribution in [3.8, 4) is 0 Å². The molecule has 41 atom stereocenters. The van der Waals surface area contributed by atoms with E-state index in [1.807, 2.05) is 0 Å². The summed E-state index contributed by atoms with van der Waals surface area (Å²) >= 11 is 0. The Kier molecular flexibility index (Phi) is 32.1. The van der Waals surface area contributed by atoms with Crippen LogP contribution in [-0.2, 0) is 95.0 Å². The van der Waals surface area contributed by atoms with Crippen molar-refractivity contribution in [3.63, 3.8) is 0 Å². The van der Waals surface area contributed by atoms with E-state index in [2.05, 4.69) is 21.3 Å². The topological polar surface area (TPSA) is 778 Å². The minimum atomic E-state index is -3.13. The van der Waals surface area contributed by atoms with Crippen LogP contribution >= 0.6 is 0 Å². The van der Waals surface area contributed by atoms with Gasteiger partial charge in [0, 0.05) is 27.2 Å². The van der Waals surface area contributed by atoms with E-state index in [1.165, 1.54) is 0 Å². The van der Waals surface area contributed by atoms with Crippen LogP contribution in [0.5, 0.6) is 0 Å². The van der Waals surface area contributed by atoms with Gasteiger partial charge in [-0.1, -0.05) is 0 Å². The van der Waals surface area contributed by atoms with Gasteiger partial charge in [-0.2, -0.15) is 0 Å². The van der Waals surface area contributed by atoms with Crippen LogP contribution in [0.15, 0.2) is 0 Å². The Morgan fingerprint density at radius 3 is 1.28 bits per heavy atom. The zero-order chi connectivity index (χ0) is 80.0. The van der Waals surface area contributed by atoms with Crippen LogP contribution in [0.3, 0.4) is 0 Å². The first kappa shape index (κ1) is 89.3. The second kappa shape index (κ2) is 38.7. The van der Waals surface area contributed by atoms with Gasteiger partial charge in [-0.3, -0.25) is 19.2 Å². The molecule has 0 saturated carbocycles. The molecular formula is C59H98N4O45. The first-order chi connectivity index (χ1) is 50.9. The lowest BCUT2D eigenvalue weighted by molar-refractivity contribution is -0.397. The summed E-state index contributed by atoms with van der Waals surface area (Å²) in [5.41, 5.74) is 0. The number of hydrogen-bond acceptors (Lipinski definition) is 44. The van der Waals surface area contributed by atoms with Crippen molar-refractivity contribution in [2.75, 3.05) is 59.5 Å². The molecule has 0 aromatic rings. The molecule has 0 unspecified atom stereocenters. The van der Waals surface area contributed by atoms with Crippen molar-refractivity contribution < 1.29 is 223 Å². The second-order valence-electron chi connectivity index (χ2n) is 26.8. The molecule has 8 saturated heterocycles. The molecule has 0 spiro atoms. The predicted octanol–water partition coefficient (Wildman–Crippen LogP) is -19.7. The monoisotopic (exact) mass is 1580 g/mol. The summed E-state index contributed by atoms with van der Waals surface area (Å²) < 4.78 is 87.4. The number of rotatable bonds is 30. The first-order valence-corrected chi connectivity index (χ1v) is 33.9. The molecule has 8 heterocycles. The molecule has 8 fully saturated rings. The van der Waals surface area contributed by atoms with Gasteiger partial charge in [-0.25, -0.2) is 4.79 Å². The zero-order valence-corrected chi connectivity index (χ0v) is 57.5. The lowest BCUT2D eigenvalue weighted by atomic mass is 9.88. The summed E-state index contributed by atoms with van der Waals surface area (Å²) in [6.07, 6.45) is -77.8. The quantitative estimate of drug-likeness (QED) is 0.0318. The number of nitrogens with one attached hydrogen (secondary N) is 4. The van der Waals surface area contributed by atoms with Crippen molar-refractivity contribution in [2.45, 2.75) is 278 Å². The first-order valence-electron chi connectivity index (χ1n) is 33.9. The second-order valence-corrected chi connectivity index (χ2v) is 26.8. The Balaban J connectivity index is 1.06. The third-order valence-corrected chi connectivity index (χ3v) is 19.3. The maximum absolute atomic E-state index is 13.0. The van der Waals surface area contributed by atoms with Gasteiger partial charge in [0.1, 0.15) is 196 Å². The minimum absolute atomic E-state index is 0.772. The van der Waals surface area contributed by atoms with Crippen LogP contribution in [0.2, 0.25) is 0 Å². The van der Waals surface area contributed by atoms with Crippen LogP contribution < -0.4 is 21.3 Å². The molecule has 108 heavy (non-hydrogen) atoms. The number of hydrogen-bond donors (Lipinski definition) is 29. The van der Waals surface area contributed by atoms with Gasteiger partial charge in [0.15, 0.2) is 44.0 Å². The van der Waals surface area contributed by atoms with E-state index >= 15 is 0 Å². The Labute approximate surface area is 609 Å². The number of amides is 4. The smallest absolute Gasteiger partial charge is 0.364 e. The minimum Gasteiger partial charge on any atom is -0.477 e. The maximum atomic E-state index is 13.0. The summed E-state index contributed by atoms with van der Waals surface area (Å²) in [7, 11) is 0. The standard InChI is InChI=1S/C59H98N4O45/c1-14(71)60-28-36(82)45(21(8-67)96-51(28)91)103-52-29(61-15(2)72)37(83)47(23(10-69)99-52)105-56-44(90)49(35(81)24(101-56)12-94-54-42(88)39(85)32(78)19(6-65)97-54)106-57-50(41(87)33(79)20(7-66)98-57)107-53-30(62-16(3)73)38(84)46(22(9-68)100-53)104-55-43(89)40(86)34(80)25(102-55)13-95-59(58(92)93)4-17(74)27(63-26(76)11-70)48(108-59)31(77)18(75)5-64/h17-25,27-57,64-70,74-75,77-91H,4-13H2,1-3H3,(H,60,71)(H,61,72)(H,62,73)(H,63,76)(H,92,93)/t17-,18+,19+,20+,21+,22+,23+,24+,25+,27+,28+,29+,30+,31+,32+,33+,34-,35+,36+,37+,38+,39-,40-,41-,42-,43+,44-,45+,46+,47+,48+,49-,50-,51+,52-,53-,54-,55-,56-,57+,59+/m0/s1. The number of aliphatic hydroxyl groups excluding tert-OH is 24. The number of carbonyl (C=O) groups is 5. The van der Waals surface area contributed by atoms with Crippen LogP contribution in [0, 0.1) is 0 Å². The Bertz CT molecular complexity index is 2890. The van der Waals surface area contributed by atoms with Gasteiger partial charge >= 0.3 is 5.97 Å².